The molecule has 1 saturated heterocycles. The van der Waals surface area contributed by atoms with Crippen LogP contribution in [0.15, 0.2) is 24.3 Å². The van der Waals surface area contributed by atoms with Gasteiger partial charge in [-0.2, -0.15) is 0 Å². The molecule has 0 aromatic heterocycles. The third-order valence-corrected chi connectivity index (χ3v) is 3.30. The lowest BCUT2D eigenvalue weighted by molar-refractivity contribution is -0.126. The molecule has 108 valence electrons. The molecule has 1 fully saturated rings. The van der Waals surface area contributed by atoms with Gasteiger partial charge in [-0.3, -0.25) is 9.59 Å². The average Bonchev–Trinajstić information content (AvgIpc) is 2.85. The highest BCUT2D eigenvalue weighted by Gasteiger charge is 2.27. The van der Waals surface area contributed by atoms with Gasteiger partial charge in [0.1, 0.15) is 17.9 Å². The number of aryl methyl sites for hydroxylation is 1. The molecule has 2 amide bonds. The second-order valence-corrected chi connectivity index (χ2v) is 5.10. The van der Waals surface area contributed by atoms with E-state index < -0.39 is 6.04 Å². The number of benzene rings is 1. The summed E-state index contributed by atoms with van der Waals surface area (Å²) in [6.07, 6.45) is 0.863. The molecule has 2 N–H and O–H groups in total. The number of hydrogen-bond acceptors (Lipinski definition) is 3. The number of carbonyl (C=O) groups excluding carboxylic acids is 2. The van der Waals surface area contributed by atoms with Gasteiger partial charge < -0.3 is 15.4 Å². The zero-order chi connectivity index (χ0) is 14.5. The Bertz CT molecular complexity index is 502. The van der Waals surface area contributed by atoms with Crippen LogP contribution in [0.5, 0.6) is 5.75 Å². The third kappa shape index (κ3) is 3.73. The zero-order valence-electron chi connectivity index (χ0n) is 11.8. The minimum atomic E-state index is -0.395. The van der Waals surface area contributed by atoms with Crippen LogP contribution in [0, 0.1) is 6.92 Å². The van der Waals surface area contributed by atoms with E-state index in [9.17, 15) is 9.59 Å². The van der Waals surface area contributed by atoms with Crippen molar-refractivity contribution in [1.29, 1.82) is 0 Å². The van der Waals surface area contributed by atoms with Gasteiger partial charge in [-0.05, 0) is 31.9 Å². The van der Waals surface area contributed by atoms with Crippen molar-refractivity contribution >= 4 is 11.8 Å². The first-order chi connectivity index (χ1) is 9.56. The van der Waals surface area contributed by atoms with Crippen LogP contribution in [0.1, 0.15) is 25.3 Å². The fourth-order valence-corrected chi connectivity index (χ4v) is 2.13. The Kier molecular flexibility index (Phi) is 4.61. The molecule has 5 nitrogen and oxygen atoms in total. The van der Waals surface area contributed by atoms with Crippen LogP contribution in [-0.4, -0.2) is 30.5 Å². The van der Waals surface area contributed by atoms with Gasteiger partial charge in [0, 0.05) is 6.42 Å². The molecule has 5 heteroatoms. The largest absolute Gasteiger partial charge is 0.489 e. The quantitative estimate of drug-likeness (QED) is 0.848. The maximum atomic E-state index is 11.8. The fourth-order valence-electron chi connectivity index (χ4n) is 2.13. The van der Waals surface area contributed by atoms with Gasteiger partial charge in [-0.25, -0.2) is 0 Å². The molecule has 0 aliphatic carbocycles. The average molecular weight is 276 g/mol. The summed E-state index contributed by atoms with van der Waals surface area (Å²) in [5.41, 5.74) is 1.06. The highest BCUT2D eigenvalue weighted by molar-refractivity contribution is 5.90. The minimum absolute atomic E-state index is 0.0608. The molecule has 0 saturated carbocycles. The van der Waals surface area contributed by atoms with Crippen LogP contribution in [0.2, 0.25) is 0 Å². The smallest absolute Gasteiger partial charge is 0.242 e. The molecule has 2 atom stereocenters. The number of para-hydroxylation sites is 1. The summed E-state index contributed by atoms with van der Waals surface area (Å²) < 4.78 is 5.78. The number of rotatable bonds is 5. The van der Waals surface area contributed by atoms with Crippen molar-refractivity contribution in [3.8, 4) is 5.75 Å². The van der Waals surface area contributed by atoms with Gasteiger partial charge in [-0.1, -0.05) is 18.2 Å². The Morgan fingerprint density at radius 2 is 2.25 bits per heavy atom. The summed E-state index contributed by atoms with van der Waals surface area (Å²) in [5.74, 6) is 0.619. The van der Waals surface area contributed by atoms with E-state index in [1.807, 2.05) is 38.1 Å². The van der Waals surface area contributed by atoms with Gasteiger partial charge >= 0.3 is 0 Å². The lowest BCUT2D eigenvalue weighted by Crippen LogP contribution is -2.44. The second-order valence-electron chi connectivity index (χ2n) is 5.10. The normalized spacial score (nSPS) is 19.3. The minimum Gasteiger partial charge on any atom is -0.489 e. The van der Waals surface area contributed by atoms with E-state index in [2.05, 4.69) is 10.6 Å². The van der Waals surface area contributed by atoms with Gasteiger partial charge in [0.2, 0.25) is 11.8 Å². The molecule has 1 aliphatic heterocycles. The molecule has 20 heavy (non-hydrogen) atoms. The molecular formula is C15H20N2O3. The topological polar surface area (TPSA) is 67.4 Å². The van der Waals surface area contributed by atoms with Gasteiger partial charge in [0.15, 0.2) is 0 Å². The van der Waals surface area contributed by atoms with Crippen LogP contribution in [-0.2, 0) is 9.59 Å². The summed E-state index contributed by atoms with van der Waals surface area (Å²) in [4.78, 5) is 22.9. The Morgan fingerprint density at radius 3 is 2.90 bits per heavy atom. The van der Waals surface area contributed by atoms with Crippen molar-refractivity contribution in [2.45, 2.75) is 38.8 Å². The Hall–Kier alpha value is -2.04. The molecule has 1 heterocycles. The second kappa shape index (κ2) is 6.41. The Balaban J connectivity index is 1.78. The molecular weight excluding hydrogens is 256 g/mol. The van der Waals surface area contributed by atoms with E-state index >= 15 is 0 Å². The van der Waals surface area contributed by atoms with E-state index in [0.29, 0.717) is 19.4 Å². The number of nitrogens with one attached hydrogen (secondary N) is 2. The summed E-state index contributed by atoms with van der Waals surface area (Å²) >= 11 is 0. The monoisotopic (exact) mass is 276 g/mol. The van der Waals surface area contributed by atoms with E-state index in [0.717, 1.165) is 11.3 Å². The standard InChI is InChI=1S/C15H20N2O3/c1-10-5-3-4-6-13(10)20-11(2)9-16-15(19)12-7-8-14(18)17-12/h3-6,11-12H,7-9H2,1-2H3,(H,16,19)(H,17,18)/t11-,12+/m1/s1. The molecule has 0 spiro atoms. The highest BCUT2D eigenvalue weighted by atomic mass is 16.5. The Labute approximate surface area is 118 Å². The van der Waals surface area contributed by atoms with Gasteiger partial charge in [0.05, 0.1) is 6.54 Å². The molecule has 0 unspecified atom stereocenters. The number of carbonyl (C=O) groups is 2. The molecule has 0 radical (unpaired) electrons. The summed E-state index contributed by atoms with van der Waals surface area (Å²) in [7, 11) is 0. The van der Waals surface area contributed by atoms with Crippen LogP contribution >= 0.6 is 0 Å². The number of ether oxygens (including phenoxy) is 1. The lowest BCUT2D eigenvalue weighted by atomic mass is 10.2. The van der Waals surface area contributed by atoms with Crippen molar-refractivity contribution in [1.82, 2.24) is 10.6 Å². The summed E-state index contributed by atoms with van der Waals surface area (Å²) in [6, 6.07) is 7.37. The number of hydrogen-bond donors (Lipinski definition) is 2. The van der Waals surface area contributed by atoms with Crippen molar-refractivity contribution in [3.63, 3.8) is 0 Å². The van der Waals surface area contributed by atoms with Crippen molar-refractivity contribution in [2.24, 2.45) is 0 Å². The van der Waals surface area contributed by atoms with Crippen LogP contribution < -0.4 is 15.4 Å². The zero-order valence-corrected chi connectivity index (χ0v) is 11.8. The van der Waals surface area contributed by atoms with Crippen molar-refractivity contribution in [2.75, 3.05) is 6.54 Å². The van der Waals surface area contributed by atoms with Crippen molar-refractivity contribution < 1.29 is 14.3 Å². The summed E-state index contributed by atoms with van der Waals surface area (Å²) in [6.45, 7) is 4.30. The first kappa shape index (κ1) is 14.4. The summed E-state index contributed by atoms with van der Waals surface area (Å²) in [5, 5.41) is 5.45. The van der Waals surface area contributed by atoms with E-state index in [-0.39, 0.29) is 17.9 Å². The van der Waals surface area contributed by atoms with E-state index in [1.54, 1.807) is 0 Å². The maximum absolute atomic E-state index is 11.8. The first-order valence-corrected chi connectivity index (χ1v) is 6.85. The molecule has 1 aromatic rings. The number of amides is 2. The van der Waals surface area contributed by atoms with Gasteiger partial charge in [-0.15, -0.1) is 0 Å². The highest BCUT2D eigenvalue weighted by Crippen LogP contribution is 2.17. The maximum Gasteiger partial charge on any atom is 0.242 e. The van der Waals surface area contributed by atoms with Gasteiger partial charge in [0.25, 0.3) is 0 Å². The Morgan fingerprint density at radius 1 is 1.50 bits per heavy atom. The molecule has 1 aliphatic rings. The van der Waals surface area contributed by atoms with Crippen LogP contribution in [0.3, 0.4) is 0 Å². The molecule has 1 aromatic carbocycles. The van der Waals surface area contributed by atoms with E-state index in [4.69, 9.17) is 4.74 Å². The predicted octanol–water partition coefficient (Wildman–Crippen LogP) is 1.16. The SMILES string of the molecule is Cc1ccccc1O[C@H](C)CNC(=O)[C@@H]1CCC(=O)N1. The third-order valence-electron chi connectivity index (χ3n) is 3.30. The van der Waals surface area contributed by atoms with Crippen LogP contribution in [0.25, 0.3) is 0 Å². The fraction of sp³-hybridized carbons (Fsp3) is 0.467. The molecule has 2 rings (SSSR count). The molecule has 0 bridgehead atoms. The predicted molar refractivity (Wildman–Crippen MR) is 75.4 cm³/mol. The first-order valence-electron chi connectivity index (χ1n) is 6.85. The lowest BCUT2D eigenvalue weighted by Gasteiger charge is -2.18. The van der Waals surface area contributed by atoms with Crippen molar-refractivity contribution in [3.05, 3.63) is 29.8 Å². The van der Waals surface area contributed by atoms with E-state index in [1.165, 1.54) is 0 Å². The van der Waals surface area contributed by atoms with Crippen LogP contribution in [0.4, 0.5) is 0 Å².